The molecule has 0 aliphatic rings. The molecular weight excluding hydrogens is 436 g/mol. The second kappa shape index (κ2) is 8.99. The molecule has 24 heavy (non-hydrogen) atoms. The number of amides is 1. The molecule has 2 aromatic rings. The summed E-state index contributed by atoms with van der Waals surface area (Å²) in [4.78, 5) is 12.0. The highest BCUT2D eigenvalue weighted by molar-refractivity contribution is 9.11. The van der Waals surface area contributed by atoms with Gasteiger partial charge in [-0.15, -0.1) is 0 Å². The van der Waals surface area contributed by atoms with Gasteiger partial charge in [-0.25, -0.2) is 5.43 Å². The Morgan fingerprint density at radius 3 is 2.54 bits per heavy atom. The van der Waals surface area contributed by atoms with Crippen LogP contribution in [0.5, 0.6) is 5.75 Å². The van der Waals surface area contributed by atoms with E-state index in [1.54, 1.807) is 0 Å². The minimum Gasteiger partial charge on any atom is -0.482 e. The zero-order valence-corrected chi connectivity index (χ0v) is 16.6. The van der Waals surface area contributed by atoms with Crippen molar-refractivity contribution >= 4 is 43.5 Å². The standard InChI is InChI=1S/C18H18Br2N2O2/c1-3-16(13-7-5-4-6-8-13)21-22-17(23)11-24-18-12(2)9-14(19)10-15(18)20/h4-10H,3,11H2,1-2H3,(H,22,23). The Kier molecular flexibility index (Phi) is 6.99. The summed E-state index contributed by atoms with van der Waals surface area (Å²) in [5.74, 6) is 0.349. The van der Waals surface area contributed by atoms with Crippen molar-refractivity contribution in [2.24, 2.45) is 5.10 Å². The maximum atomic E-state index is 12.0. The molecule has 2 aromatic carbocycles. The molecule has 2 rings (SSSR count). The number of hydrogen-bond donors (Lipinski definition) is 1. The summed E-state index contributed by atoms with van der Waals surface area (Å²) < 4.78 is 7.35. The highest BCUT2D eigenvalue weighted by Crippen LogP contribution is 2.32. The van der Waals surface area contributed by atoms with E-state index in [-0.39, 0.29) is 12.5 Å². The Labute approximate surface area is 158 Å². The molecule has 1 amide bonds. The molecule has 126 valence electrons. The molecule has 6 heteroatoms. The molecule has 0 bridgehead atoms. The predicted octanol–water partition coefficient (Wildman–Crippen LogP) is 4.83. The Bertz CT molecular complexity index is 723. The van der Waals surface area contributed by atoms with Gasteiger partial charge in [0.25, 0.3) is 5.91 Å². The fraction of sp³-hybridized carbons (Fsp3) is 0.222. The summed E-state index contributed by atoms with van der Waals surface area (Å²) in [5, 5.41) is 4.20. The zero-order valence-electron chi connectivity index (χ0n) is 13.5. The second-order valence-corrected chi connectivity index (χ2v) is 6.91. The number of aryl methyl sites for hydroxylation is 1. The Morgan fingerprint density at radius 2 is 1.92 bits per heavy atom. The van der Waals surface area contributed by atoms with E-state index in [0.29, 0.717) is 5.75 Å². The highest BCUT2D eigenvalue weighted by atomic mass is 79.9. The van der Waals surface area contributed by atoms with Gasteiger partial charge in [-0.3, -0.25) is 4.79 Å². The van der Waals surface area contributed by atoms with E-state index in [0.717, 1.165) is 32.2 Å². The van der Waals surface area contributed by atoms with Gasteiger partial charge in [0.15, 0.2) is 6.61 Å². The highest BCUT2D eigenvalue weighted by Gasteiger charge is 2.10. The van der Waals surface area contributed by atoms with Crippen LogP contribution in [-0.2, 0) is 4.79 Å². The number of hydrogen-bond acceptors (Lipinski definition) is 3. The molecule has 0 unspecified atom stereocenters. The average Bonchev–Trinajstić information content (AvgIpc) is 2.55. The lowest BCUT2D eigenvalue weighted by molar-refractivity contribution is -0.123. The molecule has 0 heterocycles. The molecular formula is C18H18Br2N2O2. The lowest BCUT2D eigenvalue weighted by atomic mass is 10.1. The van der Waals surface area contributed by atoms with Gasteiger partial charge in [0.05, 0.1) is 10.2 Å². The number of ether oxygens (including phenoxy) is 1. The molecule has 0 aliphatic heterocycles. The van der Waals surface area contributed by atoms with Crippen molar-refractivity contribution in [1.82, 2.24) is 5.43 Å². The van der Waals surface area contributed by atoms with Crippen molar-refractivity contribution in [3.8, 4) is 5.75 Å². The number of carbonyl (C=O) groups is 1. The van der Waals surface area contributed by atoms with Crippen LogP contribution in [-0.4, -0.2) is 18.2 Å². The Balaban J connectivity index is 1.97. The molecule has 0 radical (unpaired) electrons. The predicted molar refractivity (Wildman–Crippen MR) is 103 cm³/mol. The average molecular weight is 454 g/mol. The molecule has 0 fully saturated rings. The van der Waals surface area contributed by atoms with Gasteiger partial charge in [-0.2, -0.15) is 5.10 Å². The van der Waals surface area contributed by atoms with E-state index >= 15 is 0 Å². The first-order valence-corrected chi connectivity index (χ1v) is 9.09. The smallest absolute Gasteiger partial charge is 0.277 e. The number of hydrazone groups is 1. The maximum Gasteiger partial charge on any atom is 0.277 e. The first kappa shape index (κ1) is 18.7. The van der Waals surface area contributed by atoms with Crippen molar-refractivity contribution in [2.45, 2.75) is 20.3 Å². The van der Waals surface area contributed by atoms with Gasteiger partial charge < -0.3 is 4.74 Å². The van der Waals surface area contributed by atoms with Crippen LogP contribution >= 0.6 is 31.9 Å². The van der Waals surface area contributed by atoms with Crippen LogP contribution in [0.15, 0.2) is 56.5 Å². The second-order valence-electron chi connectivity index (χ2n) is 5.14. The number of rotatable bonds is 6. The maximum absolute atomic E-state index is 12.0. The third-order valence-corrected chi connectivity index (χ3v) is 4.35. The summed E-state index contributed by atoms with van der Waals surface area (Å²) in [7, 11) is 0. The SMILES string of the molecule is CCC(=NNC(=O)COc1c(C)cc(Br)cc1Br)c1ccccc1. The van der Waals surface area contributed by atoms with Gasteiger partial charge in [0, 0.05) is 4.47 Å². The topological polar surface area (TPSA) is 50.7 Å². The number of nitrogens with one attached hydrogen (secondary N) is 1. The van der Waals surface area contributed by atoms with E-state index < -0.39 is 0 Å². The third kappa shape index (κ3) is 5.18. The molecule has 4 nitrogen and oxygen atoms in total. The fourth-order valence-electron chi connectivity index (χ4n) is 2.15. The van der Waals surface area contributed by atoms with Crippen LogP contribution < -0.4 is 10.2 Å². The molecule has 0 saturated carbocycles. The van der Waals surface area contributed by atoms with Crippen molar-refractivity contribution in [3.05, 3.63) is 62.5 Å². The van der Waals surface area contributed by atoms with Gasteiger partial charge in [0.1, 0.15) is 5.75 Å². The zero-order chi connectivity index (χ0) is 17.5. The monoisotopic (exact) mass is 452 g/mol. The normalized spacial score (nSPS) is 11.2. The fourth-order valence-corrected chi connectivity index (χ4v) is 3.70. The Hall–Kier alpha value is -1.66. The summed E-state index contributed by atoms with van der Waals surface area (Å²) in [6, 6.07) is 13.6. The van der Waals surface area contributed by atoms with E-state index in [2.05, 4.69) is 42.4 Å². The number of benzene rings is 2. The van der Waals surface area contributed by atoms with E-state index in [1.807, 2.05) is 56.3 Å². The van der Waals surface area contributed by atoms with Crippen molar-refractivity contribution < 1.29 is 9.53 Å². The number of halogens is 2. The van der Waals surface area contributed by atoms with Crippen LogP contribution in [0, 0.1) is 6.92 Å². The summed E-state index contributed by atoms with van der Waals surface area (Å²) in [5.41, 5.74) is 5.31. The molecule has 0 atom stereocenters. The van der Waals surface area contributed by atoms with Crippen LogP contribution in [0.3, 0.4) is 0 Å². The quantitative estimate of drug-likeness (QED) is 0.503. The lowest BCUT2D eigenvalue weighted by Gasteiger charge is -2.11. The molecule has 0 aliphatic carbocycles. The molecule has 0 saturated heterocycles. The van der Waals surface area contributed by atoms with Crippen LogP contribution in [0.2, 0.25) is 0 Å². The number of carbonyl (C=O) groups excluding carboxylic acids is 1. The number of nitrogens with zero attached hydrogens (tertiary/aromatic N) is 1. The molecule has 0 aromatic heterocycles. The van der Waals surface area contributed by atoms with Crippen LogP contribution in [0.4, 0.5) is 0 Å². The Morgan fingerprint density at radius 1 is 1.21 bits per heavy atom. The van der Waals surface area contributed by atoms with Crippen molar-refractivity contribution in [2.75, 3.05) is 6.61 Å². The van der Waals surface area contributed by atoms with E-state index in [9.17, 15) is 4.79 Å². The third-order valence-electron chi connectivity index (χ3n) is 3.30. The van der Waals surface area contributed by atoms with Crippen molar-refractivity contribution in [1.29, 1.82) is 0 Å². The van der Waals surface area contributed by atoms with Crippen LogP contribution in [0.25, 0.3) is 0 Å². The first-order valence-electron chi connectivity index (χ1n) is 7.50. The minimum atomic E-state index is -0.300. The van der Waals surface area contributed by atoms with Crippen molar-refractivity contribution in [3.63, 3.8) is 0 Å². The largest absolute Gasteiger partial charge is 0.482 e. The van der Waals surface area contributed by atoms with Gasteiger partial charge in [0.2, 0.25) is 0 Å². The molecule has 1 N–H and O–H groups in total. The van der Waals surface area contributed by atoms with Gasteiger partial charge >= 0.3 is 0 Å². The summed E-state index contributed by atoms with van der Waals surface area (Å²) in [6.07, 6.45) is 0.725. The van der Waals surface area contributed by atoms with Gasteiger partial charge in [-0.1, -0.05) is 53.2 Å². The van der Waals surface area contributed by atoms with Crippen LogP contribution in [0.1, 0.15) is 24.5 Å². The lowest BCUT2D eigenvalue weighted by Crippen LogP contribution is -2.26. The van der Waals surface area contributed by atoms with Gasteiger partial charge in [-0.05, 0) is 52.5 Å². The summed E-state index contributed by atoms with van der Waals surface area (Å²) in [6.45, 7) is 3.82. The molecule has 0 spiro atoms. The van der Waals surface area contributed by atoms with E-state index in [1.165, 1.54) is 0 Å². The minimum absolute atomic E-state index is 0.101. The summed E-state index contributed by atoms with van der Waals surface area (Å²) >= 11 is 6.85. The van der Waals surface area contributed by atoms with E-state index in [4.69, 9.17) is 4.74 Å². The first-order chi connectivity index (χ1) is 11.5.